The molecule has 0 unspecified atom stereocenters. The summed E-state index contributed by atoms with van der Waals surface area (Å²) in [5.41, 5.74) is 0.737. The maximum Gasteiger partial charge on any atom is 0.329 e. The van der Waals surface area contributed by atoms with Crippen molar-refractivity contribution >= 4 is 33.3 Å². The number of hydrogen-bond donors (Lipinski definition) is 2. The molecule has 5 rings (SSSR count). The number of rotatable bonds is 8. The number of thiophene rings is 1. The first-order valence-electron chi connectivity index (χ1n) is 10.7. The van der Waals surface area contributed by atoms with Crippen LogP contribution in [0.2, 0.25) is 0 Å². The Morgan fingerprint density at radius 3 is 2.87 bits per heavy atom. The molecule has 0 radical (unpaired) electrons. The van der Waals surface area contributed by atoms with Crippen LogP contribution in [0.25, 0.3) is 10.1 Å². The second kappa shape index (κ2) is 8.71. The van der Waals surface area contributed by atoms with Gasteiger partial charge in [0.25, 0.3) is 5.91 Å². The number of nitrogens with one attached hydrogen (secondary N) is 1. The highest BCUT2D eigenvalue weighted by Crippen LogP contribution is 2.61. The Balaban J connectivity index is 1.46. The van der Waals surface area contributed by atoms with Crippen LogP contribution in [0, 0.1) is 29.0 Å². The zero-order valence-electron chi connectivity index (χ0n) is 17.8. The van der Waals surface area contributed by atoms with Gasteiger partial charge in [-0.3, -0.25) is 4.79 Å². The monoisotopic (exact) mass is 445 g/mol. The second-order valence-corrected chi connectivity index (χ2v) is 10.2. The number of carbonyl (C=O) groups is 2. The van der Waals surface area contributed by atoms with E-state index in [2.05, 4.69) is 19.2 Å². The van der Waals surface area contributed by atoms with Crippen molar-refractivity contribution in [2.45, 2.75) is 39.2 Å². The van der Waals surface area contributed by atoms with Crippen molar-refractivity contribution in [1.82, 2.24) is 5.32 Å². The van der Waals surface area contributed by atoms with Crippen LogP contribution in [-0.4, -0.2) is 36.2 Å². The van der Waals surface area contributed by atoms with Gasteiger partial charge in [-0.05, 0) is 60.6 Å². The molecule has 5 nitrogen and oxygen atoms in total. The summed E-state index contributed by atoms with van der Waals surface area (Å²) in [7, 11) is 0. The number of allylic oxidation sites excluding steroid dienone is 1. The minimum absolute atomic E-state index is 0.0561. The molecule has 1 heterocycles. The lowest BCUT2D eigenvalue weighted by Gasteiger charge is -2.62. The lowest BCUT2D eigenvalue weighted by atomic mass is 9.44. The second-order valence-electron chi connectivity index (χ2n) is 9.26. The van der Waals surface area contributed by atoms with Crippen molar-refractivity contribution in [3.8, 4) is 0 Å². The van der Waals surface area contributed by atoms with Gasteiger partial charge >= 0.3 is 5.97 Å². The zero-order chi connectivity index (χ0) is 22.2. The van der Waals surface area contributed by atoms with Crippen molar-refractivity contribution in [3.63, 3.8) is 0 Å². The molecule has 7 heteroatoms. The Bertz CT molecular complexity index is 1010. The van der Waals surface area contributed by atoms with Gasteiger partial charge in [-0.25, -0.2) is 9.18 Å². The number of hydrogen-bond acceptors (Lipinski definition) is 4. The molecule has 0 aliphatic heterocycles. The molecule has 166 valence electrons. The minimum Gasteiger partial charge on any atom is -0.480 e. The van der Waals surface area contributed by atoms with Crippen molar-refractivity contribution in [3.05, 3.63) is 47.1 Å². The summed E-state index contributed by atoms with van der Waals surface area (Å²) in [5, 5.41) is 14.4. The molecule has 3 fully saturated rings. The molecule has 1 aromatic heterocycles. The highest BCUT2D eigenvalue weighted by molar-refractivity contribution is 7.17. The average molecular weight is 446 g/mol. The minimum atomic E-state index is -0.980. The molecule has 4 atom stereocenters. The maximum atomic E-state index is 13.7. The van der Waals surface area contributed by atoms with Crippen molar-refractivity contribution in [2.75, 3.05) is 13.2 Å². The first kappa shape index (κ1) is 22.0. The van der Waals surface area contributed by atoms with E-state index < -0.39 is 5.97 Å². The van der Waals surface area contributed by atoms with E-state index in [0.717, 1.165) is 24.0 Å². The van der Waals surface area contributed by atoms with Gasteiger partial charge in [0, 0.05) is 21.5 Å². The van der Waals surface area contributed by atoms with Crippen molar-refractivity contribution in [1.29, 1.82) is 0 Å². The lowest BCUT2D eigenvalue weighted by molar-refractivity contribution is -0.141. The lowest BCUT2D eigenvalue weighted by Crippen LogP contribution is -2.63. The van der Waals surface area contributed by atoms with Crippen LogP contribution in [-0.2, 0) is 9.53 Å². The molecule has 1 aromatic carbocycles. The molecule has 3 aliphatic rings. The number of aliphatic carboxylic acids is 1. The van der Waals surface area contributed by atoms with Gasteiger partial charge in [0.1, 0.15) is 12.4 Å². The SMILES string of the molecule is CC1(C)[C@@H]2C[C@H](C/C=C\COCC(=O)O)[C@@H](NC(=O)c3csc4ccc(F)cc34)[C@H]1C2. The summed E-state index contributed by atoms with van der Waals surface area (Å²) in [4.78, 5) is 23.7. The normalized spacial score (nSPS) is 26.7. The van der Waals surface area contributed by atoms with Crippen molar-refractivity contribution in [2.24, 2.45) is 23.2 Å². The predicted molar refractivity (Wildman–Crippen MR) is 119 cm³/mol. The van der Waals surface area contributed by atoms with E-state index in [1.807, 2.05) is 17.5 Å². The molecule has 1 amide bonds. The summed E-state index contributed by atoms with van der Waals surface area (Å²) in [6.07, 6.45) is 6.86. The molecule has 3 saturated carbocycles. The van der Waals surface area contributed by atoms with Crippen LogP contribution < -0.4 is 5.32 Å². The fourth-order valence-corrected chi connectivity index (χ4v) is 6.25. The first-order valence-corrected chi connectivity index (χ1v) is 11.6. The molecule has 3 aliphatic carbocycles. The van der Waals surface area contributed by atoms with Gasteiger partial charge in [-0.15, -0.1) is 11.3 Å². The van der Waals surface area contributed by atoms with E-state index >= 15 is 0 Å². The van der Waals surface area contributed by atoms with E-state index in [-0.39, 0.29) is 36.4 Å². The number of ether oxygens (including phenoxy) is 1. The number of benzene rings is 1. The van der Waals surface area contributed by atoms with Gasteiger partial charge in [0.05, 0.1) is 12.2 Å². The summed E-state index contributed by atoms with van der Waals surface area (Å²) in [5.74, 6) is -0.0675. The van der Waals surface area contributed by atoms with Crippen LogP contribution in [0.3, 0.4) is 0 Å². The molecular weight excluding hydrogens is 417 g/mol. The third-order valence-electron chi connectivity index (χ3n) is 7.20. The maximum absolute atomic E-state index is 13.7. The van der Waals surface area contributed by atoms with Crippen LogP contribution >= 0.6 is 11.3 Å². The van der Waals surface area contributed by atoms with Crippen LogP contribution in [0.1, 0.15) is 43.5 Å². The number of halogens is 1. The number of carboxylic acid groups (broad SMARTS) is 1. The number of fused-ring (bicyclic) bond motifs is 3. The summed E-state index contributed by atoms with van der Waals surface area (Å²) in [6, 6.07) is 4.62. The highest BCUT2D eigenvalue weighted by atomic mass is 32.1. The molecule has 2 aromatic rings. The highest BCUT2D eigenvalue weighted by Gasteiger charge is 2.57. The largest absolute Gasteiger partial charge is 0.480 e. The Morgan fingerprint density at radius 1 is 1.32 bits per heavy atom. The summed E-state index contributed by atoms with van der Waals surface area (Å²) < 4.78 is 19.7. The van der Waals surface area contributed by atoms with Gasteiger partial charge in [-0.2, -0.15) is 0 Å². The smallest absolute Gasteiger partial charge is 0.329 e. The van der Waals surface area contributed by atoms with E-state index in [1.54, 1.807) is 6.07 Å². The quantitative estimate of drug-likeness (QED) is 0.449. The Morgan fingerprint density at radius 2 is 2.13 bits per heavy atom. The molecule has 0 saturated heterocycles. The Kier molecular flexibility index (Phi) is 6.17. The third-order valence-corrected chi connectivity index (χ3v) is 8.16. The van der Waals surface area contributed by atoms with Crippen LogP contribution in [0.15, 0.2) is 35.7 Å². The van der Waals surface area contributed by atoms with Crippen LogP contribution in [0.5, 0.6) is 0 Å². The third kappa shape index (κ3) is 4.39. The van der Waals surface area contributed by atoms with Gasteiger partial charge in [-0.1, -0.05) is 26.0 Å². The molecule has 2 bridgehead atoms. The average Bonchev–Trinajstić information content (AvgIpc) is 3.13. The predicted octanol–water partition coefficient (Wildman–Crippen LogP) is 4.87. The van der Waals surface area contributed by atoms with E-state index in [0.29, 0.717) is 28.7 Å². The number of carboxylic acids is 1. The molecular formula is C24H28FNO4S. The van der Waals surface area contributed by atoms with E-state index in [1.165, 1.54) is 23.5 Å². The summed E-state index contributed by atoms with van der Waals surface area (Å²) in [6.45, 7) is 4.53. The number of amides is 1. The fraction of sp³-hybridized carbons (Fsp3) is 0.500. The fourth-order valence-electron chi connectivity index (χ4n) is 5.33. The van der Waals surface area contributed by atoms with Gasteiger partial charge in [0.15, 0.2) is 0 Å². The number of carbonyl (C=O) groups excluding carboxylic acids is 1. The van der Waals surface area contributed by atoms with Gasteiger partial charge < -0.3 is 15.2 Å². The van der Waals surface area contributed by atoms with Gasteiger partial charge in [0.2, 0.25) is 0 Å². The zero-order valence-corrected chi connectivity index (χ0v) is 18.6. The van der Waals surface area contributed by atoms with E-state index in [9.17, 15) is 14.0 Å². The Hall–Kier alpha value is -2.25. The topological polar surface area (TPSA) is 75.6 Å². The first-order chi connectivity index (χ1) is 14.8. The summed E-state index contributed by atoms with van der Waals surface area (Å²) >= 11 is 1.45. The Labute approximate surface area is 185 Å². The molecule has 31 heavy (non-hydrogen) atoms. The van der Waals surface area contributed by atoms with Crippen LogP contribution in [0.4, 0.5) is 4.39 Å². The van der Waals surface area contributed by atoms with Crippen molar-refractivity contribution < 1.29 is 23.8 Å². The van der Waals surface area contributed by atoms with E-state index in [4.69, 9.17) is 9.84 Å². The standard InChI is InChI=1S/C24H28FNO4S/c1-24(2)15-9-14(5-3-4-8-30-12-21(27)28)22(19(24)10-15)26-23(29)18-13-31-20-7-6-16(25)11-17(18)20/h3-4,6-7,11,13-15,19,22H,5,8-10,12H2,1-2H3,(H,26,29)(H,27,28)/b4-3-/t14-,15+,19+,22+/m0/s1. The molecule has 2 N–H and O–H groups in total. The molecule has 0 spiro atoms.